The zero-order valence-electron chi connectivity index (χ0n) is 11.9. The van der Waals surface area contributed by atoms with Crippen molar-refractivity contribution in [3.63, 3.8) is 0 Å². The molecule has 0 heterocycles. The van der Waals surface area contributed by atoms with Gasteiger partial charge in [0.2, 0.25) is 0 Å². The molecule has 0 bridgehead atoms. The molecule has 0 aliphatic rings. The molecule has 0 fully saturated rings. The van der Waals surface area contributed by atoms with Gasteiger partial charge in [0.05, 0.1) is 15.5 Å². The van der Waals surface area contributed by atoms with Gasteiger partial charge in [-0.2, -0.15) is 0 Å². The van der Waals surface area contributed by atoms with E-state index in [-0.39, 0.29) is 9.79 Å². The van der Waals surface area contributed by atoms with E-state index in [0.717, 1.165) is 17.9 Å². The Kier molecular flexibility index (Phi) is 4.65. The Balaban J connectivity index is 2.43. The van der Waals surface area contributed by atoms with Crippen LogP contribution in [0.3, 0.4) is 0 Å². The molecule has 0 saturated carbocycles. The minimum Gasteiger partial charge on any atom is -0.278 e. The first-order valence-electron chi connectivity index (χ1n) is 6.19. The Hall–Kier alpha value is -1.38. The summed E-state index contributed by atoms with van der Waals surface area (Å²) in [5.41, 5.74) is 1.37. The maximum Gasteiger partial charge on any atom is 0.261 e. The molecule has 2 aromatic carbocycles. The number of sulfone groups is 1. The maximum absolute atomic E-state index is 12.4. The van der Waals surface area contributed by atoms with Gasteiger partial charge in [0.15, 0.2) is 9.84 Å². The molecule has 0 saturated heterocycles. The molecule has 22 heavy (non-hydrogen) atoms. The fourth-order valence-corrected chi connectivity index (χ4v) is 4.37. The van der Waals surface area contributed by atoms with Crippen LogP contribution < -0.4 is 4.72 Å². The second-order valence-electron chi connectivity index (χ2n) is 4.84. The van der Waals surface area contributed by atoms with Crippen molar-refractivity contribution in [3.8, 4) is 0 Å². The first-order chi connectivity index (χ1) is 10.1. The lowest BCUT2D eigenvalue weighted by Crippen LogP contribution is -2.14. The third-order valence-electron chi connectivity index (χ3n) is 2.91. The summed E-state index contributed by atoms with van der Waals surface area (Å²) in [6, 6.07) is 10.4. The molecule has 0 aromatic heterocycles. The number of hydrogen-bond donors (Lipinski definition) is 1. The van der Waals surface area contributed by atoms with E-state index in [1.165, 1.54) is 18.2 Å². The standard InChI is InChI=1S/C14H14BrNO4S2/c1-10-6-7-14(13(15)8-10)16-22(19,20)12-5-3-4-11(9-12)21(2,17)18/h3-9,16H,1-2H3. The van der Waals surface area contributed by atoms with Crippen molar-refractivity contribution in [2.45, 2.75) is 16.7 Å². The topological polar surface area (TPSA) is 80.3 Å². The molecule has 8 heteroatoms. The number of aryl methyl sites for hydroxylation is 1. The Morgan fingerprint density at radius 2 is 1.59 bits per heavy atom. The van der Waals surface area contributed by atoms with Crippen LogP contribution in [-0.4, -0.2) is 23.1 Å². The third kappa shape index (κ3) is 3.88. The fraction of sp³-hybridized carbons (Fsp3) is 0.143. The zero-order valence-corrected chi connectivity index (χ0v) is 15.1. The van der Waals surface area contributed by atoms with Crippen molar-refractivity contribution in [3.05, 3.63) is 52.5 Å². The van der Waals surface area contributed by atoms with E-state index in [9.17, 15) is 16.8 Å². The lowest BCUT2D eigenvalue weighted by atomic mass is 10.2. The highest BCUT2D eigenvalue weighted by atomic mass is 79.9. The second-order valence-corrected chi connectivity index (χ2v) is 9.39. The number of rotatable bonds is 4. The van der Waals surface area contributed by atoms with E-state index in [4.69, 9.17) is 0 Å². The van der Waals surface area contributed by atoms with Crippen molar-refractivity contribution < 1.29 is 16.8 Å². The molecule has 118 valence electrons. The minimum absolute atomic E-state index is 0.0432. The van der Waals surface area contributed by atoms with Crippen molar-refractivity contribution in [2.75, 3.05) is 11.0 Å². The summed E-state index contributed by atoms with van der Waals surface area (Å²) in [6.45, 7) is 1.89. The molecule has 0 aliphatic carbocycles. The Bertz CT molecular complexity index is 922. The number of sulfonamides is 1. The van der Waals surface area contributed by atoms with Crippen molar-refractivity contribution in [1.82, 2.24) is 0 Å². The molecule has 1 N–H and O–H groups in total. The number of anilines is 1. The minimum atomic E-state index is -3.88. The quantitative estimate of drug-likeness (QED) is 0.850. The predicted molar refractivity (Wildman–Crippen MR) is 89.2 cm³/mol. The molecular formula is C14H14BrNO4S2. The van der Waals surface area contributed by atoms with Crippen LogP contribution in [0.5, 0.6) is 0 Å². The molecule has 0 atom stereocenters. The van der Waals surface area contributed by atoms with Crippen molar-refractivity contribution in [1.29, 1.82) is 0 Å². The normalized spacial score (nSPS) is 12.1. The predicted octanol–water partition coefficient (Wildman–Crippen LogP) is 2.96. The highest BCUT2D eigenvalue weighted by Crippen LogP contribution is 2.26. The molecule has 0 amide bonds. The summed E-state index contributed by atoms with van der Waals surface area (Å²) in [4.78, 5) is -0.152. The van der Waals surface area contributed by atoms with Crippen LogP contribution in [0, 0.1) is 6.92 Å². The lowest BCUT2D eigenvalue weighted by Gasteiger charge is -2.11. The van der Waals surface area contributed by atoms with Crippen LogP contribution in [0.1, 0.15) is 5.56 Å². The highest BCUT2D eigenvalue weighted by Gasteiger charge is 2.18. The second kappa shape index (κ2) is 6.02. The SMILES string of the molecule is Cc1ccc(NS(=O)(=O)c2cccc(S(C)(=O)=O)c2)c(Br)c1. The van der Waals surface area contributed by atoms with Crippen LogP contribution in [0.2, 0.25) is 0 Å². The van der Waals surface area contributed by atoms with E-state index < -0.39 is 19.9 Å². The van der Waals surface area contributed by atoms with E-state index in [2.05, 4.69) is 20.7 Å². The van der Waals surface area contributed by atoms with E-state index in [1.54, 1.807) is 18.2 Å². The number of halogens is 1. The van der Waals surface area contributed by atoms with E-state index in [1.807, 2.05) is 6.92 Å². The molecule has 0 unspecified atom stereocenters. The molecule has 2 aromatic rings. The number of nitrogens with one attached hydrogen (secondary N) is 1. The highest BCUT2D eigenvalue weighted by molar-refractivity contribution is 9.10. The average molecular weight is 404 g/mol. The summed E-state index contributed by atoms with van der Waals surface area (Å²) < 4.78 is 50.9. The summed E-state index contributed by atoms with van der Waals surface area (Å²) >= 11 is 3.30. The third-order valence-corrected chi connectivity index (χ3v) is 6.04. The van der Waals surface area contributed by atoms with Crippen LogP contribution in [0.4, 0.5) is 5.69 Å². The summed E-state index contributed by atoms with van der Waals surface area (Å²) in [5.74, 6) is 0. The largest absolute Gasteiger partial charge is 0.278 e. The summed E-state index contributed by atoms with van der Waals surface area (Å²) in [7, 11) is -7.35. The van der Waals surface area contributed by atoms with Gasteiger partial charge < -0.3 is 0 Å². The summed E-state index contributed by atoms with van der Waals surface area (Å²) in [5, 5.41) is 0. The zero-order chi connectivity index (χ0) is 16.5. The van der Waals surface area contributed by atoms with Gasteiger partial charge in [0.1, 0.15) is 0 Å². The van der Waals surface area contributed by atoms with Gasteiger partial charge in [-0.1, -0.05) is 12.1 Å². The summed E-state index contributed by atoms with van der Waals surface area (Å²) in [6.07, 6.45) is 1.03. The van der Waals surface area contributed by atoms with Crippen LogP contribution in [0.25, 0.3) is 0 Å². The van der Waals surface area contributed by atoms with Gasteiger partial charge in [0.25, 0.3) is 10.0 Å². The van der Waals surface area contributed by atoms with Crippen LogP contribution >= 0.6 is 15.9 Å². The lowest BCUT2D eigenvalue weighted by molar-refractivity contribution is 0.599. The first-order valence-corrected chi connectivity index (χ1v) is 10.4. The van der Waals surface area contributed by atoms with E-state index >= 15 is 0 Å². The number of benzene rings is 2. The Morgan fingerprint density at radius 3 is 2.18 bits per heavy atom. The van der Waals surface area contributed by atoms with Crippen molar-refractivity contribution >= 4 is 41.5 Å². The van der Waals surface area contributed by atoms with Gasteiger partial charge in [0, 0.05) is 10.7 Å². The monoisotopic (exact) mass is 403 g/mol. The Labute approximate surface area is 138 Å². The molecule has 5 nitrogen and oxygen atoms in total. The molecule has 2 rings (SSSR count). The van der Waals surface area contributed by atoms with Crippen LogP contribution in [-0.2, 0) is 19.9 Å². The van der Waals surface area contributed by atoms with Gasteiger partial charge in [-0.3, -0.25) is 4.72 Å². The fourth-order valence-electron chi connectivity index (χ4n) is 1.78. The van der Waals surface area contributed by atoms with Gasteiger partial charge in [-0.15, -0.1) is 0 Å². The van der Waals surface area contributed by atoms with Crippen molar-refractivity contribution in [2.24, 2.45) is 0 Å². The van der Waals surface area contributed by atoms with Gasteiger partial charge in [-0.25, -0.2) is 16.8 Å². The van der Waals surface area contributed by atoms with Crippen LogP contribution in [0.15, 0.2) is 56.7 Å². The number of hydrogen-bond acceptors (Lipinski definition) is 4. The molecule has 0 spiro atoms. The Morgan fingerprint density at radius 1 is 0.955 bits per heavy atom. The van der Waals surface area contributed by atoms with Gasteiger partial charge >= 0.3 is 0 Å². The van der Waals surface area contributed by atoms with E-state index in [0.29, 0.717) is 10.2 Å². The molecule has 0 radical (unpaired) electrons. The maximum atomic E-state index is 12.4. The average Bonchev–Trinajstić information content (AvgIpc) is 2.41. The first kappa shape index (κ1) is 17.0. The van der Waals surface area contributed by atoms with Gasteiger partial charge in [-0.05, 0) is 58.7 Å². The smallest absolute Gasteiger partial charge is 0.261 e. The molecule has 0 aliphatic heterocycles. The molecular weight excluding hydrogens is 390 g/mol.